The highest BCUT2D eigenvalue weighted by atomic mass is 16.5. The molecule has 33 heavy (non-hydrogen) atoms. The van der Waals surface area contributed by atoms with Crippen LogP contribution in [-0.2, 0) is 11.3 Å². The fourth-order valence-electron chi connectivity index (χ4n) is 5.14. The zero-order chi connectivity index (χ0) is 23.2. The second-order valence-electron chi connectivity index (χ2n) is 9.19. The summed E-state index contributed by atoms with van der Waals surface area (Å²) in [5.41, 5.74) is 3.79. The van der Waals surface area contributed by atoms with E-state index in [0.29, 0.717) is 6.54 Å². The fourth-order valence-corrected chi connectivity index (χ4v) is 5.14. The van der Waals surface area contributed by atoms with Crippen molar-refractivity contribution in [1.29, 1.82) is 0 Å². The number of nitrogens with zero attached hydrogens (tertiary/aromatic N) is 3. The highest BCUT2D eigenvalue weighted by molar-refractivity contribution is 5.79. The maximum absolute atomic E-state index is 13.4. The summed E-state index contributed by atoms with van der Waals surface area (Å²) in [6.07, 6.45) is 3.06. The van der Waals surface area contributed by atoms with Gasteiger partial charge in [0, 0.05) is 31.7 Å². The van der Waals surface area contributed by atoms with E-state index in [1.54, 1.807) is 14.2 Å². The lowest BCUT2D eigenvalue weighted by molar-refractivity contribution is -0.133. The van der Waals surface area contributed by atoms with E-state index >= 15 is 0 Å². The average Bonchev–Trinajstić information content (AvgIpc) is 3.23. The summed E-state index contributed by atoms with van der Waals surface area (Å²) in [5.74, 6) is 1.84. The van der Waals surface area contributed by atoms with Gasteiger partial charge in [-0.15, -0.1) is 0 Å². The molecule has 2 saturated heterocycles. The van der Waals surface area contributed by atoms with E-state index in [-0.39, 0.29) is 11.9 Å². The van der Waals surface area contributed by atoms with Crippen LogP contribution < -0.4 is 9.47 Å². The Morgan fingerprint density at radius 2 is 1.73 bits per heavy atom. The molecule has 0 aliphatic carbocycles. The first-order valence-corrected chi connectivity index (χ1v) is 12.1. The van der Waals surface area contributed by atoms with Crippen molar-refractivity contribution in [2.75, 3.05) is 53.5 Å². The SMILES string of the molecule is COc1ccc(OC)c(C2CCCN2C(=O)CN2CCCN(Cc3ccccc3C)CC2)c1. The Labute approximate surface area is 198 Å². The number of carbonyl (C=O) groups excluding carboxylic acids is 1. The zero-order valence-electron chi connectivity index (χ0n) is 20.3. The monoisotopic (exact) mass is 451 g/mol. The normalized spacial score (nSPS) is 20.0. The lowest BCUT2D eigenvalue weighted by Gasteiger charge is -2.29. The van der Waals surface area contributed by atoms with E-state index in [1.165, 1.54) is 11.1 Å². The third kappa shape index (κ3) is 5.68. The van der Waals surface area contributed by atoms with Gasteiger partial charge in [-0.3, -0.25) is 14.6 Å². The number of rotatable bonds is 7. The van der Waals surface area contributed by atoms with Crippen LogP contribution in [0.4, 0.5) is 0 Å². The van der Waals surface area contributed by atoms with Crippen molar-refractivity contribution < 1.29 is 14.3 Å². The molecule has 2 heterocycles. The Morgan fingerprint density at radius 1 is 0.939 bits per heavy atom. The van der Waals surface area contributed by atoms with Gasteiger partial charge in [-0.05, 0) is 68.6 Å². The summed E-state index contributed by atoms with van der Waals surface area (Å²) in [6.45, 7) is 8.43. The fraction of sp³-hybridized carbons (Fsp3) is 0.519. The lowest BCUT2D eigenvalue weighted by atomic mass is 10.0. The van der Waals surface area contributed by atoms with Crippen molar-refractivity contribution in [3.8, 4) is 11.5 Å². The molecule has 0 saturated carbocycles. The number of ether oxygens (including phenoxy) is 2. The van der Waals surface area contributed by atoms with Crippen LogP contribution in [0.3, 0.4) is 0 Å². The van der Waals surface area contributed by atoms with E-state index in [2.05, 4.69) is 41.0 Å². The number of amides is 1. The Balaban J connectivity index is 1.37. The van der Waals surface area contributed by atoms with Gasteiger partial charge in [-0.2, -0.15) is 0 Å². The van der Waals surface area contributed by atoms with Crippen molar-refractivity contribution in [2.24, 2.45) is 0 Å². The molecule has 0 aromatic heterocycles. The number of carbonyl (C=O) groups is 1. The molecule has 2 aromatic rings. The van der Waals surface area contributed by atoms with Gasteiger partial charge in [0.1, 0.15) is 11.5 Å². The third-order valence-corrected chi connectivity index (χ3v) is 7.06. The second kappa shape index (κ2) is 11.0. The number of hydrogen-bond donors (Lipinski definition) is 0. The summed E-state index contributed by atoms with van der Waals surface area (Å²) in [4.78, 5) is 20.3. The van der Waals surface area contributed by atoms with Crippen LogP contribution in [0.25, 0.3) is 0 Å². The molecule has 2 aliphatic rings. The molecule has 2 fully saturated rings. The van der Waals surface area contributed by atoms with Gasteiger partial charge in [-0.25, -0.2) is 0 Å². The Bertz CT molecular complexity index is 948. The molecule has 4 rings (SSSR count). The maximum atomic E-state index is 13.4. The number of benzene rings is 2. The molecule has 0 N–H and O–H groups in total. The van der Waals surface area contributed by atoms with E-state index in [0.717, 1.165) is 75.6 Å². The first-order chi connectivity index (χ1) is 16.1. The van der Waals surface area contributed by atoms with E-state index in [1.807, 2.05) is 23.1 Å². The summed E-state index contributed by atoms with van der Waals surface area (Å²) in [5, 5.41) is 0. The maximum Gasteiger partial charge on any atom is 0.237 e. The zero-order valence-corrected chi connectivity index (χ0v) is 20.3. The summed E-state index contributed by atoms with van der Waals surface area (Å²) < 4.78 is 11.0. The predicted molar refractivity (Wildman–Crippen MR) is 131 cm³/mol. The quantitative estimate of drug-likeness (QED) is 0.639. The number of methoxy groups -OCH3 is 2. The molecule has 1 unspecified atom stereocenters. The largest absolute Gasteiger partial charge is 0.497 e. The summed E-state index contributed by atoms with van der Waals surface area (Å²) in [6, 6.07) is 14.5. The summed E-state index contributed by atoms with van der Waals surface area (Å²) >= 11 is 0. The molecule has 0 spiro atoms. The lowest BCUT2D eigenvalue weighted by Crippen LogP contribution is -2.41. The molecule has 2 aromatic carbocycles. The van der Waals surface area contributed by atoms with Crippen molar-refractivity contribution in [3.05, 3.63) is 59.2 Å². The van der Waals surface area contributed by atoms with Crippen LogP contribution in [0.1, 0.15) is 42.0 Å². The van der Waals surface area contributed by atoms with Crippen molar-refractivity contribution >= 4 is 5.91 Å². The van der Waals surface area contributed by atoms with Gasteiger partial charge in [-0.1, -0.05) is 24.3 Å². The molecule has 6 heteroatoms. The smallest absolute Gasteiger partial charge is 0.237 e. The van der Waals surface area contributed by atoms with E-state index in [4.69, 9.17) is 9.47 Å². The summed E-state index contributed by atoms with van der Waals surface area (Å²) in [7, 11) is 3.36. The molecule has 178 valence electrons. The highest BCUT2D eigenvalue weighted by Crippen LogP contribution is 2.39. The van der Waals surface area contributed by atoms with E-state index < -0.39 is 0 Å². The van der Waals surface area contributed by atoms with Crippen LogP contribution >= 0.6 is 0 Å². The molecular formula is C27H37N3O3. The Morgan fingerprint density at radius 3 is 2.52 bits per heavy atom. The number of likely N-dealkylation sites (tertiary alicyclic amines) is 1. The van der Waals surface area contributed by atoms with Crippen molar-refractivity contribution in [2.45, 2.75) is 38.8 Å². The first-order valence-electron chi connectivity index (χ1n) is 12.1. The van der Waals surface area contributed by atoms with Crippen LogP contribution in [0.5, 0.6) is 11.5 Å². The van der Waals surface area contributed by atoms with Crippen molar-refractivity contribution in [1.82, 2.24) is 14.7 Å². The van der Waals surface area contributed by atoms with Crippen LogP contribution in [0, 0.1) is 6.92 Å². The predicted octanol–water partition coefficient (Wildman–Crippen LogP) is 3.88. The minimum absolute atomic E-state index is 0.0482. The topological polar surface area (TPSA) is 45.3 Å². The van der Waals surface area contributed by atoms with Gasteiger partial charge in [0.2, 0.25) is 5.91 Å². The van der Waals surface area contributed by atoms with Crippen molar-refractivity contribution in [3.63, 3.8) is 0 Å². The molecule has 0 bridgehead atoms. The molecule has 1 atom stereocenters. The van der Waals surface area contributed by atoms with Crippen LogP contribution in [-0.4, -0.2) is 74.1 Å². The molecule has 2 aliphatic heterocycles. The number of aryl methyl sites for hydroxylation is 1. The minimum Gasteiger partial charge on any atom is -0.497 e. The molecular weight excluding hydrogens is 414 g/mol. The molecule has 6 nitrogen and oxygen atoms in total. The van der Waals surface area contributed by atoms with Gasteiger partial charge in [0.05, 0.1) is 26.8 Å². The Hall–Kier alpha value is -2.57. The van der Waals surface area contributed by atoms with Crippen LogP contribution in [0.15, 0.2) is 42.5 Å². The third-order valence-electron chi connectivity index (χ3n) is 7.06. The van der Waals surface area contributed by atoms with E-state index in [9.17, 15) is 4.79 Å². The van der Waals surface area contributed by atoms with Crippen LogP contribution in [0.2, 0.25) is 0 Å². The second-order valence-corrected chi connectivity index (χ2v) is 9.19. The van der Waals surface area contributed by atoms with Gasteiger partial charge >= 0.3 is 0 Å². The minimum atomic E-state index is 0.0482. The first kappa shape index (κ1) is 23.6. The number of hydrogen-bond acceptors (Lipinski definition) is 5. The average molecular weight is 452 g/mol. The highest BCUT2D eigenvalue weighted by Gasteiger charge is 2.33. The van der Waals surface area contributed by atoms with Gasteiger partial charge < -0.3 is 14.4 Å². The van der Waals surface area contributed by atoms with Gasteiger partial charge in [0.15, 0.2) is 0 Å². The Kier molecular flexibility index (Phi) is 7.89. The molecule has 1 amide bonds. The molecule has 0 radical (unpaired) electrons. The standard InChI is InChI=1S/C27H37N3O3/c1-21-8-4-5-9-22(21)19-28-13-7-14-29(17-16-28)20-27(31)30-15-6-10-25(30)24-18-23(32-2)11-12-26(24)33-3/h4-5,8-9,11-12,18,25H,6-7,10,13-17,19-20H2,1-3H3. The van der Waals surface area contributed by atoms with Gasteiger partial charge in [0.25, 0.3) is 0 Å².